The van der Waals surface area contributed by atoms with E-state index in [0.29, 0.717) is 6.07 Å². The topological polar surface area (TPSA) is 40.5 Å². The zero-order valence-electron chi connectivity index (χ0n) is 11.1. The van der Waals surface area contributed by atoms with Gasteiger partial charge in [0, 0.05) is 19.2 Å². The number of hydrogen-bond donors (Lipinski definition) is 1. The number of amides is 1. The molecule has 1 aromatic rings. The highest BCUT2D eigenvalue weighted by Gasteiger charge is 2.27. The summed E-state index contributed by atoms with van der Waals surface area (Å²) in [5.74, 6) is -8.27. The van der Waals surface area contributed by atoms with Crippen molar-refractivity contribution in [3.8, 4) is 0 Å². The van der Waals surface area contributed by atoms with E-state index in [2.05, 4.69) is 0 Å². The first-order chi connectivity index (χ1) is 9.31. The van der Waals surface area contributed by atoms with E-state index in [0.717, 1.165) is 4.90 Å². The van der Waals surface area contributed by atoms with Crippen molar-refractivity contribution in [3.63, 3.8) is 0 Å². The highest BCUT2D eigenvalue weighted by atomic mass is 19.2. The van der Waals surface area contributed by atoms with Crippen LogP contribution in [-0.2, 0) is 0 Å². The van der Waals surface area contributed by atoms with Crippen molar-refractivity contribution in [2.24, 2.45) is 0 Å². The number of aliphatic hydroxyl groups excluding tert-OH is 1. The van der Waals surface area contributed by atoms with Crippen LogP contribution in [0.2, 0.25) is 0 Å². The molecule has 0 aromatic heterocycles. The van der Waals surface area contributed by atoms with Gasteiger partial charge in [-0.3, -0.25) is 4.79 Å². The molecule has 0 heterocycles. The molecule has 3 nitrogen and oxygen atoms in total. The molecular weight excluding hydrogens is 278 g/mol. The van der Waals surface area contributed by atoms with E-state index in [1.807, 2.05) is 0 Å². The van der Waals surface area contributed by atoms with Crippen LogP contribution in [0.3, 0.4) is 0 Å². The molecule has 0 aliphatic heterocycles. The number of carbonyl (C=O) groups is 1. The molecule has 7 heteroatoms. The van der Waals surface area contributed by atoms with Crippen LogP contribution in [-0.4, -0.2) is 35.1 Å². The van der Waals surface area contributed by atoms with Crippen LogP contribution in [0.15, 0.2) is 6.07 Å². The quantitative estimate of drug-likeness (QED) is 0.515. The van der Waals surface area contributed by atoms with Crippen LogP contribution in [0.1, 0.15) is 30.6 Å². The molecule has 1 amide bonds. The summed E-state index contributed by atoms with van der Waals surface area (Å²) in [6, 6.07) is -0.0330. The first-order valence-electron chi connectivity index (χ1n) is 6.06. The molecule has 0 atom stereocenters. The minimum absolute atomic E-state index is 0.0903. The van der Waals surface area contributed by atoms with E-state index in [1.54, 1.807) is 13.8 Å². The molecule has 0 saturated heterocycles. The first-order valence-corrected chi connectivity index (χ1v) is 6.06. The number of carbonyl (C=O) groups excluding carboxylic acids is 1. The molecule has 0 aliphatic rings. The lowest BCUT2D eigenvalue weighted by Crippen LogP contribution is -2.38. The van der Waals surface area contributed by atoms with E-state index in [1.165, 1.54) is 0 Å². The number of hydrogen-bond acceptors (Lipinski definition) is 2. The average molecular weight is 293 g/mol. The number of halogens is 4. The normalized spacial score (nSPS) is 11.0. The molecule has 1 aromatic carbocycles. The standard InChI is InChI=1S/C13H15F4NO2/c1-7(2)18(4-3-5-19)13(20)8-6-9(14)11(16)12(17)10(8)15/h6-7,19H,3-5H2,1-2H3. The lowest BCUT2D eigenvalue weighted by molar-refractivity contribution is 0.0686. The average Bonchev–Trinajstić information content (AvgIpc) is 2.40. The van der Waals surface area contributed by atoms with Gasteiger partial charge in [-0.1, -0.05) is 0 Å². The van der Waals surface area contributed by atoms with Crippen LogP contribution < -0.4 is 0 Å². The van der Waals surface area contributed by atoms with Crippen LogP contribution in [0.25, 0.3) is 0 Å². The third-order valence-corrected chi connectivity index (χ3v) is 2.77. The number of benzene rings is 1. The van der Waals surface area contributed by atoms with Crippen LogP contribution >= 0.6 is 0 Å². The number of nitrogens with zero attached hydrogens (tertiary/aromatic N) is 1. The Labute approximate surface area is 113 Å². The van der Waals surface area contributed by atoms with E-state index in [4.69, 9.17) is 5.11 Å². The van der Waals surface area contributed by atoms with E-state index >= 15 is 0 Å². The summed E-state index contributed by atoms with van der Waals surface area (Å²) in [5.41, 5.74) is -0.868. The maximum atomic E-state index is 13.6. The summed E-state index contributed by atoms with van der Waals surface area (Å²) < 4.78 is 52.6. The smallest absolute Gasteiger partial charge is 0.257 e. The molecule has 20 heavy (non-hydrogen) atoms. The Balaban J connectivity index is 3.18. The SMILES string of the molecule is CC(C)N(CCCO)C(=O)c1cc(F)c(F)c(F)c1F. The molecule has 0 spiro atoms. The molecule has 0 aliphatic carbocycles. The van der Waals surface area contributed by atoms with Crippen LogP contribution in [0, 0.1) is 23.3 Å². The van der Waals surface area contributed by atoms with Gasteiger partial charge >= 0.3 is 0 Å². The van der Waals surface area contributed by atoms with E-state index in [-0.39, 0.29) is 25.6 Å². The fraction of sp³-hybridized carbons (Fsp3) is 0.462. The van der Waals surface area contributed by atoms with Crippen LogP contribution in [0.4, 0.5) is 17.6 Å². The van der Waals surface area contributed by atoms with Crippen molar-refractivity contribution >= 4 is 5.91 Å². The minimum Gasteiger partial charge on any atom is -0.396 e. The van der Waals surface area contributed by atoms with Gasteiger partial charge in [0.05, 0.1) is 5.56 Å². The molecule has 0 unspecified atom stereocenters. The van der Waals surface area contributed by atoms with Crippen molar-refractivity contribution in [1.82, 2.24) is 4.90 Å². The second-order valence-electron chi connectivity index (χ2n) is 4.52. The molecule has 1 rings (SSSR count). The predicted molar refractivity (Wildman–Crippen MR) is 64.1 cm³/mol. The molecule has 112 valence electrons. The second kappa shape index (κ2) is 6.69. The van der Waals surface area contributed by atoms with Crippen molar-refractivity contribution in [1.29, 1.82) is 0 Å². The Morgan fingerprint density at radius 2 is 1.80 bits per heavy atom. The number of aliphatic hydroxyl groups is 1. The zero-order valence-corrected chi connectivity index (χ0v) is 11.1. The fourth-order valence-electron chi connectivity index (χ4n) is 1.72. The summed E-state index contributed by atoms with van der Waals surface area (Å²) in [5, 5.41) is 8.75. The molecule has 0 bridgehead atoms. The highest BCUT2D eigenvalue weighted by Crippen LogP contribution is 2.21. The molecular formula is C13H15F4NO2. The first kappa shape index (κ1) is 16.4. The van der Waals surface area contributed by atoms with Gasteiger partial charge in [-0.15, -0.1) is 0 Å². The van der Waals surface area contributed by atoms with Gasteiger partial charge in [0.2, 0.25) is 0 Å². The highest BCUT2D eigenvalue weighted by molar-refractivity contribution is 5.94. The largest absolute Gasteiger partial charge is 0.396 e. The Bertz CT molecular complexity index is 506. The van der Waals surface area contributed by atoms with Crippen molar-refractivity contribution in [3.05, 3.63) is 34.9 Å². The molecule has 1 N–H and O–H groups in total. The Hall–Kier alpha value is -1.63. The Kier molecular flexibility index (Phi) is 5.50. The predicted octanol–water partition coefficient (Wildman–Crippen LogP) is 2.48. The summed E-state index contributed by atoms with van der Waals surface area (Å²) in [4.78, 5) is 13.2. The molecule has 0 saturated carbocycles. The van der Waals surface area contributed by atoms with E-state index in [9.17, 15) is 22.4 Å². The third kappa shape index (κ3) is 3.27. The number of rotatable bonds is 5. The maximum Gasteiger partial charge on any atom is 0.257 e. The molecule has 0 fully saturated rings. The van der Waals surface area contributed by atoms with Crippen molar-refractivity contribution in [2.45, 2.75) is 26.3 Å². The monoisotopic (exact) mass is 293 g/mol. The summed E-state index contributed by atoms with van der Waals surface area (Å²) in [6.07, 6.45) is 0.234. The van der Waals surface area contributed by atoms with Gasteiger partial charge in [0.25, 0.3) is 5.91 Å². The van der Waals surface area contributed by atoms with Crippen LogP contribution in [0.5, 0.6) is 0 Å². The van der Waals surface area contributed by atoms with Gasteiger partial charge in [-0.25, -0.2) is 17.6 Å². The summed E-state index contributed by atoms with van der Waals surface area (Å²) in [7, 11) is 0. The van der Waals surface area contributed by atoms with Gasteiger partial charge in [0.1, 0.15) is 0 Å². The van der Waals surface area contributed by atoms with Gasteiger partial charge < -0.3 is 10.0 Å². The van der Waals surface area contributed by atoms with Crippen molar-refractivity contribution < 1.29 is 27.5 Å². The maximum absolute atomic E-state index is 13.6. The fourth-order valence-corrected chi connectivity index (χ4v) is 1.72. The lowest BCUT2D eigenvalue weighted by Gasteiger charge is -2.26. The zero-order chi connectivity index (χ0) is 15.4. The van der Waals surface area contributed by atoms with Crippen molar-refractivity contribution in [2.75, 3.05) is 13.2 Å². The summed E-state index contributed by atoms with van der Waals surface area (Å²) >= 11 is 0. The Morgan fingerprint density at radius 3 is 2.30 bits per heavy atom. The van der Waals surface area contributed by atoms with Gasteiger partial charge in [0.15, 0.2) is 23.3 Å². The molecule has 0 radical (unpaired) electrons. The third-order valence-electron chi connectivity index (χ3n) is 2.77. The van der Waals surface area contributed by atoms with E-state index < -0.39 is 34.7 Å². The summed E-state index contributed by atoms with van der Waals surface area (Å²) in [6.45, 7) is 3.16. The Morgan fingerprint density at radius 1 is 1.20 bits per heavy atom. The van der Waals surface area contributed by atoms with Gasteiger partial charge in [-0.05, 0) is 26.3 Å². The van der Waals surface area contributed by atoms with Gasteiger partial charge in [-0.2, -0.15) is 0 Å². The minimum atomic E-state index is -2.01. The lowest BCUT2D eigenvalue weighted by atomic mass is 10.1. The second-order valence-corrected chi connectivity index (χ2v) is 4.52.